The number of nitrogens with one attached hydrogen (secondary N) is 1. The highest BCUT2D eigenvalue weighted by Gasteiger charge is 2.27. The van der Waals surface area contributed by atoms with Gasteiger partial charge in [0.15, 0.2) is 0 Å². The lowest BCUT2D eigenvalue weighted by atomic mass is 10.1. The molecular formula is C17H22N4O6. The van der Waals surface area contributed by atoms with Crippen LogP contribution in [0.15, 0.2) is 23.3 Å². The van der Waals surface area contributed by atoms with E-state index in [1.165, 1.54) is 25.3 Å². The van der Waals surface area contributed by atoms with Crippen LogP contribution in [0.5, 0.6) is 5.75 Å². The maximum atomic E-state index is 12.4. The van der Waals surface area contributed by atoms with E-state index in [4.69, 9.17) is 15.0 Å². The van der Waals surface area contributed by atoms with Crippen molar-refractivity contribution in [1.82, 2.24) is 5.32 Å². The molecule has 0 saturated heterocycles. The molecule has 1 atom stereocenters. The first kappa shape index (κ1) is 21.8. The first-order chi connectivity index (χ1) is 12.6. The van der Waals surface area contributed by atoms with Crippen LogP contribution < -0.4 is 10.1 Å². The predicted molar refractivity (Wildman–Crippen MR) is 95.2 cm³/mol. The quantitative estimate of drug-likeness (QED) is 0.307. The molecule has 10 heteroatoms. The Bertz CT molecular complexity index is 765. The second-order valence-corrected chi connectivity index (χ2v) is 6.57. The second kappa shape index (κ2) is 9.44. The van der Waals surface area contributed by atoms with Crippen molar-refractivity contribution in [3.63, 3.8) is 0 Å². The highest BCUT2D eigenvalue weighted by Crippen LogP contribution is 2.21. The van der Waals surface area contributed by atoms with Gasteiger partial charge in [-0.2, -0.15) is 0 Å². The molecular weight excluding hydrogens is 356 g/mol. The van der Waals surface area contributed by atoms with E-state index in [1.807, 2.05) is 0 Å². The fourth-order valence-corrected chi connectivity index (χ4v) is 2.12. The van der Waals surface area contributed by atoms with Gasteiger partial charge in [-0.25, -0.2) is 4.79 Å². The van der Waals surface area contributed by atoms with Crippen molar-refractivity contribution < 1.29 is 29.0 Å². The van der Waals surface area contributed by atoms with E-state index < -0.39 is 35.9 Å². The number of carboxylic acids is 1. The number of esters is 1. The number of carbonyl (C=O) groups is 3. The summed E-state index contributed by atoms with van der Waals surface area (Å²) in [7, 11) is 1.39. The van der Waals surface area contributed by atoms with Gasteiger partial charge in [0, 0.05) is 10.5 Å². The van der Waals surface area contributed by atoms with Gasteiger partial charge in [0.2, 0.25) is 0 Å². The number of hydrogen-bond donors (Lipinski definition) is 2. The first-order valence-corrected chi connectivity index (χ1v) is 8.00. The molecule has 0 radical (unpaired) electrons. The van der Waals surface area contributed by atoms with Crippen LogP contribution in [-0.2, 0) is 20.9 Å². The largest absolute Gasteiger partial charge is 0.496 e. The summed E-state index contributed by atoms with van der Waals surface area (Å²) in [5.74, 6) is -2.48. The molecule has 0 fully saturated rings. The van der Waals surface area contributed by atoms with Gasteiger partial charge in [-0.15, -0.1) is 0 Å². The van der Waals surface area contributed by atoms with E-state index in [2.05, 4.69) is 15.3 Å². The highest BCUT2D eigenvalue weighted by molar-refractivity contribution is 5.97. The van der Waals surface area contributed by atoms with Crippen molar-refractivity contribution in [2.45, 2.75) is 45.4 Å². The van der Waals surface area contributed by atoms with Gasteiger partial charge >= 0.3 is 11.9 Å². The summed E-state index contributed by atoms with van der Waals surface area (Å²) >= 11 is 0. The number of carbonyl (C=O) groups excluding carboxylic acids is 2. The van der Waals surface area contributed by atoms with Gasteiger partial charge in [-0.05, 0) is 44.0 Å². The van der Waals surface area contributed by atoms with Crippen molar-refractivity contribution in [2.75, 3.05) is 7.11 Å². The highest BCUT2D eigenvalue weighted by atomic mass is 16.6. The van der Waals surface area contributed by atoms with Gasteiger partial charge in [-0.1, -0.05) is 11.2 Å². The Morgan fingerprint density at radius 1 is 1.33 bits per heavy atom. The summed E-state index contributed by atoms with van der Waals surface area (Å²) in [6, 6.07) is 2.92. The van der Waals surface area contributed by atoms with E-state index in [0.717, 1.165) is 0 Å². The van der Waals surface area contributed by atoms with E-state index in [1.54, 1.807) is 20.8 Å². The van der Waals surface area contributed by atoms with Gasteiger partial charge in [0.1, 0.15) is 17.4 Å². The topological polar surface area (TPSA) is 151 Å². The Morgan fingerprint density at radius 2 is 2.00 bits per heavy atom. The molecule has 27 heavy (non-hydrogen) atoms. The molecule has 0 heterocycles. The number of hydrogen-bond acceptors (Lipinski definition) is 6. The molecule has 0 aliphatic carbocycles. The Hall–Kier alpha value is -3.26. The van der Waals surface area contributed by atoms with E-state index in [-0.39, 0.29) is 12.1 Å². The van der Waals surface area contributed by atoms with Crippen LogP contribution in [0.1, 0.15) is 43.1 Å². The monoisotopic (exact) mass is 378 g/mol. The maximum absolute atomic E-state index is 12.4. The third kappa shape index (κ3) is 7.25. The summed E-state index contributed by atoms with van der Waals surface area (Å²) in [6.45, 7) is 5.01. The summed E-state index contributed by atoms with van der Waals surface area (Å²) in [4.78, 5) is 38.2. The number of benzene rings is 1. The van der Waals surface area contributed by atoms with Crippen molar-refractivity contribution in [2.24, 2.45) is 5.11 Å². The van der Waals surface area contributed by atoms with E-state index in [9.17, 15) is 19.5 Å². The Balaban J connectivity index is 2.91. The van der Waals surface area contributed by atoms with Gasteiger partial charge in [-0.3, -0.25) is 9.59 Å². The lowest BCUT2D eigenvalue weighted by Crippen LogP contribution is -2.43. The molecule has 0 aliphatic rings. The van der Waals surface area contributed by atoms with Crippen LogP contribution in [0.25, 0.3) is 10.4 Å². The third-order valence-electron chi connectivity index (χ3n) is 3.25. The summed E-state index contributed by atoms with van der Waals surface area (Å²) in [6.07, 6.45) is -0.509. The molecule has 1 aromatic carbocycles. The van der Waals surface area contributed by atoms with Crippen LogP contribution in [0.3, 0.4) is 0 Å². The van der Waals surface area contributed by atoms with Crippen LogP contribution in [0.4, 0.5) is 0 Å². The number of rotatable bonds is 8. The minimum atomic E-state index is -1.44. The number of ether oxygens (including phenoxy) is 2. The molecule has 2 N–H and O–H groups in total. The molecule has 10 nitrogen and oxygen atoms in total. The van der Waals surface area contributed by atoms with Crippen LogP contribution >= 0.6 is 0 Å². The normalized spacial score (nSPS) is 11.7. The Morgan fingerprint density at radius 3 is 2.52 bits per heavy atom. The fourth-order valence-electron chi connectivity index (χ4n) is 2.12. The number of aliphatic carboxylic acids is 1. The standard InChI is InChI=1S/C17H22N4O6/c1-17(2,3)27-14(22)8-12(16(24)25)20-15(23)10-5-6-11(9-19-21-18)13(7-10)26-4/h5-7,12H,8-9H2,1-4H3,(H,20,23)(H,24,25)/t12-/m0/s1. The predicted octanol–water partition coefficient (Wildman–Crippen LogP) is 2.42. The lowest BCUT2D eigenvalue weighted by Gasteiger charge is -2.21. The zero-order chi connectivity index (χ0) is 20.6. The van der Waals surface area contributed by atoms with Gasteiger partial charge in [0.25, 0.3) is 5.91 Å². The van der Waals surface area contributed by atoms with Gasteiger partial charge in [0.05, 0.1) is 20.1 Å². The molecule has 0 aliphatic heterocycles. The SMILES string of the molecule is COc1cc(C(=O)N[C@@H](CC(=O)OC(C)(C)C)C(=O)O)ccc1CN=[N+]=[N-]. The van der Waals surface area contributed by atoms with Crippen molar-refractivity contribution in [3.05, 3.63) is 39.8 Å². The summed E-state index contributed by atoms with van der Waals surface area (Å²) in [5.41, 5.74) is 8.32. The van der Waals surface area contributed by atoms with Crippen molar-refractivity contribution in [3.8, 4) is 5.75 Å². The average Bonchev–Trinajstić information content (AvgIpc) is 2.57. The summed E-state index contributed by atoms with van der Waals surface area (Å²) in [5, 5.41) is 15.0. The Labute approximate surface area is 156 Å². The number of nitrogens with zero attached hydrogens (tertiary/aromatic N) is 3. The van der Waals surface area contributed by atoms with Crippen LogP contribution in [-0.4, -0.2) is 41.7 Å². The second-order valence-electron chi connectivity index (χ2n) is 6.57. The molecule has 0 aromatic heterocycles. The Kier molecular flexibility index (Phi) is 7.62. The molecule has 0 unspecified atom stereocenters. The molecule has 0 spiro atoms. The number of amides is 1. The average molecular weight is 378 g/mol. The minimum Gasteiger partial charge on any atom is -0.496 e. The molecule has 0 saturated carbocycles. The number of carboxylic acid groups (broad SMARTS) is 1. The molecule has 146 valence electrons. The number of methoxy groups -OCH3 is 1. The zero-order valence-corrected chi connectivity index (χ0v) is 15.6. The molecule has 1 aromatic rings. The lowest BCUT2D eigenvalue weighted by molar-refractivity contribution is -0.158. The fraction of sp³-hybridized carbons (Fsp3) is 0.471. The molecule has 1 amide bonds. The number of azide groups is 1. The van der Waals surface area contributed by atoms with E-state index >= 15 is 0 Å². The van der Waals surface area contributed by atoms with Crippen LogP contribution in [0, 0.1) is 0 Å². The minimum absolute atomic E-state index is 0.0397. The van der Waals surface area contributed by atoms with Crippen LogP contribution in [0.2, 0.25) is 0 Å². The smallest absolute Gasteiger partial charge is 0.326 e. The molecule has 1 rings (SSSR count). The third-order valence-corrected chi connectivity index (χ3v) is 3.25. The van der Waals surface area contributed by atoms with Gasteiger partial charge < -0.3 is 19.9 Å². The molecule has 0 bridgehead atoms. The maximum Gasteiger partial charge on any atom is 0.326 e. The van der Waals surface area contributed by atoms with E-state index in [0.29, 0.717) is 11.3 Å². The first-order valence-electron chi connectivity index (χ1n) is 8.00. The zero-order valence-electron chi connectivity index (χ0n) is 15.6. The van der Waals surface area contributed by atoms with Crippen molar-refractivity contribution >= 4 is 17.8 Å². The van der Waals surface area contributed by atoms with Crippen molar-refractivity contribution in [1.29, 1.82) is 0 Å². The summed E-state index contributed by atoms with van der Waals surface area (Å²) < 4.78 is 10.2.